The van der Waals surface area contributed by atoms with Crippen molar-refractivity contribution in [1.82, 2.24) is 0 Å². The van der Waals surface area contributed by atoms with Gasteiger partial charge in [-0.05, 0) is 36.2 Å². The third-order valence-electron chi connectivity index (χ3n) is 2.91. The fraction of sp³-hybridized carbons (Fsp3) is 0.385. The molecular formula is C13H13BrO3S. The van der Waals surface area contributed by atoms with Gasteiger partial charge < -0.3 is 0 Å². The number of rotatable bonds is 4. The molecule has 0 aromatic heterocycles. The van der Waals surface area contributed by atoms with E-state index in [4.69, 9.17) is 4.18 Å². The second-order valence-corrected chi connectivity index (χ2v) is 6.40. The van der Waals surface area contributed by atoms with E-state index in [1.54, 1.807) is 24.3 Å². The van der Waals surface area contributed by atoms with Crippen molar-refractivity contribution >= 4 is 26.0 Å². The van der Waals surface area contributed by atoms with Gasteiger partial charge in [-0.3, -0.25) is 4.18 Å². The highest BCUT2D eigenvalue weighted by molar-refractivity contribution is 9.12. The normalized spacial score (nSPS) is 22.1. The zero-order valence-electron chi connectivity index (χ0n) is 9.89. The molecule has 2 rings (SSSR count). The number of benzene rings is 1. The fourth-order valence-corrected chi connectivity index (χ4v) is 2.88. The molecule has 0 amide bonds. The van der Waals surface area contributed by atoms with Gasteiger partial charge >= 0.3 is 0 Å². The van der Waals surface area contributed by atoms with Gasteiger partial charge in [-0.25, -0.2) is 0 Å². The first-order chi connectivity index (χ1) is 8.53. The molecule has 0 bridgehead atoms. The lowest BCUT2D eigenvalue weighted by molar-refractivity contribution is 0.298. The molecule has 0 N–H and O–H groups in total. The van der Waals surface area contributed by atoms with Crippen molar-refractivity contribution < 1.29 is 12.6 Å². The molecule has 2 atom stereocenters. The van der Waals surface area contributed by atoms with Crippen LogP contribution in [0.4, 0.5) is 0 Å². The fourth-order valence-electron chi connectivity index (χ4n) is 1.63. The van der Waals surface area contributed by atoms with Crippen LogP contribution in [0.3, 0.4) is 0 Å². The van der Waals surface area contributed by atoms with Crippen molar-refractivity contribution in [2.24, 2.45) is 11.8 Å². The van der Waals surface area contributed by atoms with E-state index in [1.165, 1.54) is 0 Å². The zero-order valence-corrected chi connectivity index (χ0v) is 12.3. The quantitative estimate of drug-likeness (QED) is 0.630. The Labute approximate surface area is 116 Å². The topological polar surface area (TPSA) is 43.4 Å². The molecule has 1 aliphatic carbocycles. The molecule has 0 spiro atoms. The van der Waals surface area contributed by atoms with Crippen LogP contribution in [0.2, 0.25) is 0 Å². The number of halogens is 1. The standard InChI is InChI=1S/C13H13BrO3S/c1-10-2-4-13(5-3-10)18(15,16)17-9-12-8-11(12)6-7-14/h2-5,11-12H,8-9H2,1H3/t11-,12+/m0/s1. The van der Waals surface area contributed by atoms with Crippen LogP contribution in [0.15, 0.2) is 29.2 Å². The molecule has 0 unspecified atom stereocenters. The molecule has 3 nitrogen and oxygen atoms in total. The molecule has 1 aromatic rings. The molecule has 96 valence electrons. The predicted octanol–water partition coefficient (Wildman–Crippen LogP) is 2.69. The van der Waals surface area contributed by atoms with Gasteiger partial charge in [-0.2, -0.15) is 8.42 Å². The molecule has 1 aromatic carbocycles. The largest absolute Gasteiger partial charge is 0.296 e. The van der Waals surface area contributed by atoms with Crippen LogP contribution in [-0.2, 0) is 14.3 Å². The maximum atomic E-state index is 11.9. The summed E-state index contributed by atoms with van der Waals surface area (Å²) in [7, 11) is -3.63. The Morgan fingerprint density at radius 1 is 1.39 bits per heavy atom. The Balaban J connectivity index is 1.96. The Morgan fingerprint density at radius 3 is 2.67 bits per heavy atom. The Hall–Kier alpha value is -0.830. The van der Waals surface area contributed by atoms with Crippen molar-refractivity contribution in [1.29, 1.82) is 0 Å². The van der Waals surface area contributed by atoms with Crippen molar-refractivity contribution in [3.05, 3.63) is 29.8 Å². The van der Waals surface area contributed by atoms with E-state index in [2.05, 4.69) is 26.7 Å². The molecule has 0 radical (unpaired) electrons. The molecule has 0 saturated heterocycles. The summed E-state index contributed by atoms with van der Waals surface area (Å²) in [4.78, 5) is 2.86. The van der Waals surface area contributed by atoms with Gasteiger partial charge in [0.15, 0.2) is 0 Å². The van der Waals surface area contributed by atoms with Gasteiger partial charge in [0.2, 0.25) is 0 Å². The molecule has 1 fully saturated rings. The minimum absolute atomic E-state index is 0.205. The van der Waals surface area contributed by atoms with Crippen LogP contribution < -0.4 is 0 Å². The first kappa shape index (κ1) is 13.6. The van der Waals surface area contributed by atoms with Gasteiger partial charge in [0.05, 0.1) is 11.5 Å². The van der Waals surface area contributed by atoms with Gasteiger partial charge in [-0.1, -0.05) is 23.6 Å². The third-order valence-corrected chi connectivity index (χ3v) is 4.43. The summed E-state index contributed by atoms with van der Waals surface area (Å²) in [5.41, 5.74) is 1.02. The second-order valence-electron chi connectivity index (χ2n) is 4.39. The summed E-state index contributed by atoms with van der Waals surface area (Å²) in [5, 5.41) is 0. The molecule has 0 heterocycles. The summed E-state index contributed by atoms with van der Waals surface area (Å²) < 4.78 is 28.8. The second kappa shape index (κ2) is 5.43. The van der Waals surface area contributed by atoms with E-state index in [0.717, 1.165) is 12.0 Å². The van der Waals surface area contributed by atoms with Crippen molar-refractivity contribution in [2.75, 3.05) is 6.61 Å². The molecule has 1 aliphatic rings. The first-order valence-corrected chi connectivity index (χ1v) is 7.80. The van der Waals surface area contributed by atoms with Crippen LogP contribution in [-0.4, -0.2) is 15.0 Å². The van der Waals surface area contributed by atoms with Gasteiger partial charge in [0, 0.05) is 21.8 Å². The van der Waals surface area contributed by atoms with Gasteiger partial charge in [0.25, 0.3) is 10.1 Å². The van der Waals surface area contributed by atoms with Gasteiger partial charge in [0.1, 0.15) is 0 Å². The lowest BCUT2D eigenvalue weighted by atomic mass is 10.2. The Kier molecular flexibility index (Phi) is 4.10. The lowest BCUT2D eigenvalue weighted by Gasteiger charge is -2.05. The van der Waals surface area contributed by atoms with Crippen molar-refractivity contribution in [2.45, 2.75) is 18.2 Å². The Bertz CT molecular complexity index is 581. The smallest absolute Gasteiger partial charge is 0.266 e. The van der Waals surface area contributed by atoms with E-state index in [9.17, 15) is 8.42 Å². The highest BCUT2D eigenvalue weighted by atomic mass is 79.9. The highest BCUT2D eigenvalue weighted by Crippen LogP contribution is 2.38. The van der Waals surface area contributed by atoms with E-state index in [0.29, 0.717) is 0 Å². The molecule has 5 heteroatoms. The number of aryl methyl sites for hydroxylation is 1. The molecule has 0 aliphatic heterocycles. The van der Waals surface area contributed by atoms with Gasteiger partial charge in [-0.15, -0.1) is 0 Å². The minimum atomic E-state index is -3.63. The summed E-state index contributed by atoms with van der Waals surface area (Å²) in [6.45, 7) is 2.12. The van der Waals surface area contributed by atoms with Crippen LogP contribution in [0.5, 0.6) is 0 Å². The van der Waals surface area contributed by atoms with E-state index in [1.807, 2.05) is 6.92 Å². The molecule has 1 saturated carbocycles. The molecular weight excluding hydrogens is 316 g/mol. The van der Waals surface area contributed by atoms with E-state index >= 15 is 0 Å². The lowest BCUT2D eigenvalue weighted by Crippen LogP contribution is -2.09. The number of hydrogen-bond donors (Lipinski definition) is 0. The molecule has 18 heavy (non-hydrogen) atoms. The number of hydrogen-bond acceptors (Lipinski definition) is 3. The van der Waals surface area contributed by atoms with Crippen LogP contribution in [0.25, 0.3) is 0 Å². The predicted molar refractivity (Wildman–Crippen MR) is 72.6 cm³/mol. The monoisotopic (exact) mass is 328 g/mol. The average Bonchev–Trinajstić information content (AvgIpc) is 3.06. The summed E-state index contributed by atoms with van der Waals surface area (Å²) in [6, 6.07) is 6.64. The van der Waals surface area contributed by atoms with Crippen LogP contribution in [0, 0.1) is 29.5 Å². The van der Waals surface area contributed by atoms with Crippen LogP contribution in [0.1, 0.15) is 12.0 Å². The third kappa shape index (κ3) is 3.35. The maximum absolute atomic E-state index is 11.9. The summed E-state index contributed by atoms with van der Waals surface area (Å²) in [6.07, 6.45) is 0.905. The highest BCUT2D eigenvalue weighted by Gasteiger charge is 2.37. The first-order valence-electron chi connectivity index (χ1n) is 5.60. The summed E-state index contributed by atoms with van der Waals surface area (Å²) >= 11 is 3.03. The summed E-state index contributed by atoms with van der Waals surface area (Å²) in [5.74, 6) is 3.44. The maximum Gasteiger partial charge on any atom is 0.296 e. The van der Waals surface area contributed by atoms with Crippen molar-refractivity contribution in [3.63, 3.8) is 0 Å². The SMILES string of the molecule is Cc1ccc(S(=O)(=O)OC[C@H]2C[C@@H]2C#CBr)cc1. The van der Waals surface area contributed by atoms with E-state index < -0.39 is 10.1 Å². The zero-order chi connectivity index (χ0) is 13.2. The van der Waals surface area contributed by atoms with Crippen LogP contribution >= 0.6 is 15.9 Å². The average molecular weight is 329 g/mol. The van der Waals surface area contributed by atoms with Crippen molar-refractivity contribution in [3.8, 4) is 10.8 Å². The minimum Gasteiger partial charge on any atom is -0.266 e. The Morgan fingerprint density at radius 2 is 2.06 bits per heavy atom. The van der Waals surface area contributed by atoms with E-state index in [-0.39, 0.29) is 23.3 Å².